The van der Waals surface area contributed by atoms with Gasteiger partial charge in [-0.3, -0.25) is 4.79 Å². The van der Waals surface area contributed by atoms with Crippen LogP contribution in [0.1, 0.15) is 16.1 Å². The zero-order chi connectivity index (χ0) is 13.1. The Labute approximate surface area is 102 Å². The molecule has 0 N–H and O–H groups in total. The Hall–Kier alpha value is -2.30. The molecule has 1 aromatic heterocycles. The van der Waals surface area contributed by atoms with Crippen LogP contribution >= 0.6 is 0 Å². The number of ether oxygens (including phenoxy) is 1. The van der Waals surface area contributed by atoms with Crippen LogP contribution in [0.5, 0.6) is 5.75 Å². The third kappa shape index (κ3) is 2.20. The lowest BCUT2D eigenvalue weighted by Crippen LogP contribution is -2.08. The summed E-state index contributed by atoms with van der Waals surface area (Å²) in [6.45, 7) is 0. The maximum absolute atomic E-state index is 13.5. The fourth-order valence-corrected chi connectivity index (χ4v) is 1.53. The van der Waals surface area contributed by atoms with Crippen molar-refractivity contribution in [3.8, 4) is 5.75 Å². The Bertz CT molecular complexity index is 599. The highest BCUT2D eigenvalue weighted by atomic mass is 19.1. The molecule has 0 amide bonds. The summed E-state index contributed by atoms with van der Waals surface area (Å²) in [6, 6.07) is 5.90. The number of nitrogens with zero attached hydrogens (tertiary/aromatic N) is 1. The van der Waals surface area contributed by atoms with E-state index in [0.717, 1.165) is 12.1 Å². The normalized spacial score (nSPS) is 10.2. The molecule has 0 saturated carbocycles. The molecule has 5 heteroatoms. The zero-order valence-electron chi connectivity index (χ0n) is 9.48. The summed E-state index contributed by atoms with van der Waals surface area (Å²) in [5.41, 5.74) is -0.251. The summed E-state index contributed by atoms with van der Waals surface area (Å²) < 4.78 is 31.2. The van der Waals surface area contributed by atoms with Crippen LogP contribution < -0.4 is 4.74 Å². The number of aromatic nitrogens is 1. The Morgan fingerprint density at radius 2 is 2.06 bits per heavy atom. The van der Waals surface area contributed by atoms with Crippen molar-refractivity contribution in [2.45, 2.75) is 0 Å². The van der Waals surface area contributed by atoms with Crippen molar-refractivity contribution < 1.29 is 18.3 Å². The van der Waals surface area contributed by atoms with Crippen molar-refractivity contribution in [1.29, 1.82) is 0 Å². The van der Waals surface area contributed by atoms with Crippen molar-refractivity contribution in [3.05, 3.63) is 59.4 Å². The number of hydrogen-bond acceptors (Lipinski definition) is 3. The minimum atomic E-state index is -0.923. The third-order valence-electron chi connectivity index (χ3n) is 2.38. The van der Waals surface area contributed by atoms with E-state index in [1.165, 1.54) is 13.3 Å². The van der Waals surface area contributed by atoms with Gasteiger partial charge in [0.2, 0.25) is 5.78 Å². The highest BCUT2D eigenvalue weighted by molar-refractivity contribution is 6.09. The molecule has 0 aliphatic carbocycles. The second-order valence-corrected chi connectivity index (χ2v) is 3.51. The highest BCUT2D eigenvalue weighted by Crippen LogP contribution is 2.20. The maximum atomic E-state index is 13.5. The van der Waals surface area contributed by atoms with Gasteiger partial charge in [0.1, 0.15) is 17.4 Å². The molecule has 0 spiro atoms. The van der Waals surface area contributed by atoms with Crippen LogP contribution in [0.2, 0.25) is 0 Å². The molecule has 0 aliphatic rings. The first kappa shape index (κ1) is 12.2. The number of halogens is 2. The molecule has 2 aromatic rings. The molecule has 18 heavy (non-hydrogen) atoms. The second kappa shape index (κ2) is 4.91. The van der Waals surface area contributed by atoms with Gasteiger partial charge in [-0.2, -0.15) is 0 Å². The van der Waals surface area contributed by atoms with E-state index in [2.05, 4.69) is 4.98 Å². The number of rotatable bonds is 3. The van der Waals surface area contributed by atoms with Crippen molar-refractivity contribution in [1.82, 2.24) is 4.98 Å². The fourth-order valence-electron chi connectivity index (χ4n) is 1.53. The van der Waals surface area contributed by atoms with E-state index < -0.39 is 17.4 Å². The molecule has 0 atom stereocenters. The molecular formula is C13H9F2NO2. The van der Waals surface area contributed by atoms with Gasteiger partial charge >= 0.3 is 0 Å². The van der Waals surface area contributed by atoms with E-state index in [1.54, 1.807) is 12.1 Å². The van der Waals surface area contributed by atoms with Crippen LogP contribution in [-0.4, -0.2) is 17.9 Å². The van der Waals surface area contributed by atoms with Gasteiger partial charge < -0.3 is 4.74 Å². The average molecular weight is 249 g/mol. The molecule has 0 radical (unpaired) electrons. The van der Waals surface area contributed by atoms with E-state index in [1.807, 2.05) is 0 Å². The molecule has 2 rings (SSSR count). The number of methoxy groups -OCH3 is 1. The van der Waals surface area contributed by atoms with Gasteiger partial charge in [-0.1, -0.05) is 0 Å². The van der Waals surface area contributed by atoms with Crippen LogP contribution in [0.15, 0.2) is 36.5 Å². The van der Waals surface area contributed by atoms with E-state index >= 15 is 0 Å². The van der Waals surface area contributed by atoms with Gasteiger partial charge in [-0.15, -0.1) is 0 Å². The molecule has 3 nitrogen and oxygen atoms in total. The predicted octanol–water partition coefficient (Wildman–Crippen LogP) is 2.60. The molecule has 1 aromatic carbocycles. The Kier molecular flexibility index (Phi) is 3.32. The van der Waals surface area contributed by atoms with Gasteiger partial charge in [0, 0.05) is 12.3 Å². The molecule has 92 valence electrons. The lowest BCUT2D eigenvalue weighted by atomic mass is 10.1. The van der Waals surface area contributed by atoms with Crippen molar-refractivity contribution in [2.24, 2.45) is 0 Å². The van der Waals surface area contributed by atoms with Crippen molar-refractivity contribution in [3.63, 3.8) is 0 Å². The lowest BCUT2D eigenvalue weighted by molar-refractivity contribution is 0.102. The van der Waals surface area contributed by atoms with Crippen molar-refractivity contribution in [2.75, 3.05) is 7.11 Å². The minimum Gasteiger partial charge on any atom is -0.494 e. The summed E-state index contributed by atoms with van der Waals surface area (Å²) in [5.74, 6) is -2.07. The summed E-state index contributed by atoms with van der Waals surface area (Å²) in [7, 11) is 1.38. The van der Waals surface area contributed by atoms with E-state index in [9.17, 15) is 13.6 Å². The lowest BCUT2D eigenvalue weighted by Gasteiger charge is -2.06. The minimum absolute atomic E-state index is 0.00879. The van der Waals surface area contributed by atoms with Gasteiger partial charge in [0.15, 0.2) is 5.69 Å². The van der Waals surface area contributed by atoms with Gasteiger partial charge in [-0.05, 0) is 24.3 Å². The quantitative estimate of drug-likeness (QED) is 0.785. The van der Waals surface area contributed by atoms with Crippen LogP contribution in [0, 0.1) is 11.6 Å². The summed E-state index contributed by atoms with van der Waals surface area (Å²) >= 11 is 0. The Morgan fingerprint density at radius 1 is 1.28 bits per heavy atom. The predicted molar refractivity (Wildman–Crippen MR) is 60.6 cm³/mol. The summed E-state index contributed by atoms with van der Waals surface area (Å²) in [6.07, 6.45) is 1.40. The fraction of sp³-hybridized carbons (Fsp3) is 0.0769. The van der Waals surface area contributed by atoms with Gasteiger partial charge in [-0.25, -0.2) is 13.8 Å². The number of pyridine rings is 1. The molecule has 0 aliphatic heterocycles. The van der Waals surface area contributed by atoms with Crippen LogP contribution in [0.3, 0.4) is 0 Å². The SMILES string of the molecule is COc1cccnc1C(=O)c1ccc(F)cc1F. The molecule has 0 saturated heterocycles. The molecule has 1 heterocycles. The zero-order valence-corrected chi connectivity index (χ0v) is 9.48. The second-order valence-electron chi connectivity index (χ2n) is 3.51. The number of ketones is 1. The first-order chi connectivity index (χ1) is 8.63. The highest BCUT2D eigenvalue weighted by Gasteiger charge is 2.19. The van der Waals surface area contributed by atoms with Crippen molar-refractivity contribution >= 4 is 5.78 Å². The monoisotopic (exact) mass is 249 g/mol. The maximum Gasteiger partial charge on any atom is 0.218 e. The van der Waals surface area contributed by atoms with Crippen LogP contribution in [0.4, 0.5) is 8.78 Å². The number of benzene rings is 1. The van der Waals surface area contributed by atoms with E-state index in [4.69, 9.17) is 4.74 Å². The van der Waals surface area contributed by atoms with E-state index in [0.29, 0.717) is 6.07 Å². The Balaban J connectivity index is 2.48. The van der Waals surface area contributed by atoms with Gasteiger partial charge in [0.25, 0.3) is 0 Å². The van der Waals surface area contributed by atoms with E-state index in [-0.39, 0.29) is 17.0 Å². The topological polar surface area (TPSA) is 39.2 Å². The van der Waals surface area contributed by atoms with Crippen LogP contribution in [-0.2, 0) is 0 Å². The van der Waals surface area contributed by atoms with Gasteiger partial charge in [0.05, 0.1) is 12.7 Å². The summed E-state index contributed by atoms with van der Waals surface area (Å²) in [5, 5.41) is 0. The Morgan fingerprint density at radius 3 is 2.72 bits per heavy atom. The summed E-state index contributed by atoms with van der Waals surface area (Å²) in [4.78, 5) is 15.9. The smallest absolute Gasteiger partial charge is 0.218 e. The molecular weight excluding hydrogens is 240 g/mol. The number of carbonyl (C=O) groups is 1. The number of carbonyl (C=O) groups excluding carboxylic acids is 1. The number of hydrogen-bond donors (Lipinski definition) is 0. The first-order valence-corrected chi connectivity index (χ1v) is 5.12. The standard InChI is InChI=1S/C13H9F2NO2/c1-18-11-3-2-6-16-12(11)13(17)9-5-4-8(14)7-10(9)15/h2-7H,1H3. The average Bonchev–Trinajstić information content (AvgIpc) is 2.38. The molecule has 0 unspecified atom stereocenters. The molecule has 0 bridgehead atoms. The molecule has 0 fully saturated rings. The first-order valence-electron chi connectivity index (χ1n) is 5.12. The largest absolute Gasteiger partial charge is 0.494 e. The third-order valence-corrected chi connectivity index (χ3v) is 2.38. The van der Waals surface area contributed by atoms with Crippen LogP contribution in [0.25, 0.3) is 0 Å².